The Morgan fingerprint density at radius 2 is 2.00 bits per heavy atom. The molecule has 0 fully saturated rings. The van der Waals surface area contributed by atoms with Crippen molar-refractivity contribution < 1.29 is 13.6 Å². The maximum Gasteiger partial charge on any atom is 0.244 e. The van der Waals surface area contributed by atoms with Crippen LogP contribution in [0.2, 0.25) is 0 Å². The molecule has 7 heteroatoms. The molecule has 4 aromatic rings. The number of carbonyl (C=O) groups is 1. The van der Waals surface area contributed by atoms with Gasteiger partial charge in [0.25, 0.3) is 0 Å². The molecule has 0 radical (unpaired) electrons. The second-order valence-electron chi connectivity index (χ2n) is 6.36. The number of carbonyl (C=O) groups excluding carboxylic acids is 1. The Morgan fingerprint density at radius 3 is 2.86 bits per heavy atom. The highest BCUT2D eigenvalue weighted by Crippen LogP contribution is 2.17. The van der Waals surface area contributed by atoms with Gasteiger partial charge in [-0.3, -0.25) is 9.78 Å². The molecular formula is C22H16F2N4O. The van der Waals surface area contributed by atoms with Gasteiger partial charge in [0.2, 0.25) is 5.91 Å². The van der Waals surface area contributed by atoms with Crippen molar-refractivity contribution in [2.75, 3.05) is 0 Å². The minimum atomic E-state index is -0.713. The molecule has 4 rings (SSSR count). The Labute approximate surface area is 165 Å². The SMILES string of the molecule is O=C(C=Cc1cccc2cccnc12)NCc1cnn(-c2ccc(F)cc2F)c1. The highest BCUT2D eigenvalue weighted by atomic mass is 19.1. The van der Waals surface area contributed by atoms with Gasteiger partial charge in [-0.25, -0.2) is 13.5 Å². The van der Waals surface area contributed by atoms with Crippen LogP contribution >= 0.6 is 0 Å². The number of hydrogen-bond acceptors (Lipinski definition) is 3. The molecule has 144 valence electrons. The van der Waals surface area contributed by atoms with Gasteiger partial charge in [0.1, 0.15) is 11.5 Å². The van der Waals surface area contributed by atoms with Crippen LogP contribution < -0.4 is 5.32 Å². The molecule has 2 heterocycles. The van der Waals surface area contributed by atoms with Crippen LogP contribution in [0.1, 0.15) is 11.1 Å². The number of aromatic nitrogens is 3. The molecule has 0 saturated heterocycles. The number of para-hydroxylation sites is 1. The lowest BCUT2D eigenvalue weighted by Gasteiger charge is -2.03. The number of rotatable bonds is 5. The van der Waals surface area contributed by atoms with Crippen molar-refractivity contribution in [1.82, 2.24) is 20.1 Å². The van der Waals surface area contributed by atoms with E-state index in [1.54, 1.807) is 18.5 Å². The van der Waals surface area contributed by atoms with Gasteiger partial charge in [-0.15, -0.1) is 0 Å². The zero-order valence-electron chi connectivity index (χ0n) is 15.2. The predicted octanol–water partition coefficient (Wildman–Crippen LogP) is 4.03. The molecule has 0 aliphatic rings. The van der Waals surface area contributed by atoms with Crippen molar-refractivity contribution in [3.8, 4) is 5.69 Å². The third-order valence-electron chi connectivity index (χ3n) is 4.34. The smallest absolute Gasteiger partial charge is 0.244 e. The number of benzene rings is 2. The maximum atomic E-state index is 13.8. The summed E-state index contributed by atoms with van der Waals surface area (Å²) < 4.78 is 28.2. The van der Waals surface area contributed by atoms with E-state index in [-0.39, 0.29) is 18.1 Å². The molecule has 0 aliphatic heterocycles. The quantitative estimate of drug-likeness (QED) is 0.524. The fourth-order valence-electron chi connectivity index (χ4n) is 2.93. The Morgan fingerprint density at radius 1 is 1.14 bits per heavy atom. The molecule has 5 nitrogen and oxygen atoms in total. The van der Waals surface area contributed by atoms with Crippen molar-refractivity contribution in [2.45, 2.75) is 6.54 Å². The third-order valence-corrected chi connectivity index (χ3v) is 4.34. The maximum absolute atomic E-state index is 13.8. The predicted molar refractivity (Wildman–Crippen MR) is 106 cm³/mol. The number of fused-ring (bicyclic) bond motifs is 1. The third kappa shape index (κ3) is 4.19. The van der Waals surface area contributed by atoms with Crippen LogP contribution in [0.3, 0.4) is 0 Å². The highest BCUT2D eigenvalue weighted by molar-refractivity contribution is 5.95. The standard InChI is InChI=1S/C22H16F2N4O/c23-18-7-8-20(19(24)11-18)28-14-15(13-27-28)12-26-21(29)9-6-17-4-1-3-16-5-2-10-25-22(16)17/h1-11,13-14H,12H2,(H,26,29). The highest BCUT2D eigenvalue weighted by Gasteiger charge is 2.08. The van der Waals surface area contributed by atoms with E-state index >= 15 is 0 Å². The van der Waals surface area contributed by atoms with E-state index in [0.29, 0.717) is 5.56 Å². The van der Waals surface area contributed by atoms with E-state index in [9.17, 15) is 13.6 Å². The number of nitrogens with zero attached hydrogens (tertiary/aromatic N) is 3. The molecule has 0 atom stereocenters. The van der Waals surface area contributed by atoms with Crippen LogP contribution in [0.25, 0.3) is 22.7 Å². The molecule has 1 N–H and O–H groups in total. The van der Waals surface area contributed by atoms with E-state index in [0.717, 1.165) is 28.6 Å². The molecular weight excluding hydrogens is 374 g/mol. The molecule has 0 aliphatic carbocycles. The van der Waals surface area contributed by atoms with E-state index in [1.165, 1.54) is 23.0 Å². The van der Waals surface area contributed by atoms with Gasteiger partial charge in [-0.1, -0.05) is 24.3 Å². The van der Waals surface area contributed by atoms with Gasteiger partial charge in [0.15, 0.2) is 5.82 Å². The molecule has 29 heavy (non-hydrogen) atoms. The number of hydrogen-bond donors (Lipinski definition) is 1. The Balaban J connectivity index is 1.41. The summed E-state index contributed by atoms with van der Waals surface area (Å²) >= 11 is 0. The van der Waals surface area contributed by atoms with Gasteiger partial charge >= 0.3 is 0 Å². The first-order valence-electron chi connectivity index (χ1n) is 8.89. The van der Waals surface area contributed by atoms with Crippen LogP contribution in [-0.2, 0) is 11.3 Å². The van der Waals surface area contributed by atoms with E-state index < -0.39 is 11.6 Å². The summed E-state index contributed by atoms with van der Waals surface area (Å²) in [5.41, 5.74) is 2.48. The summed E-state index contributed by atoms with van der Waals surface area (Å²) in [6, 6.07) is 12.8. The van der Waals surface area contributed by atoms with Gasteiger partial charge in [-0.05, 0) is 24.3 Å². The Bertz CT molecular complexity index is 1210. The minimum absolute atomic E-state index is 0.132. The number of nitrogens with one attached hydrogen (secondary N) is 1. The summed E-state index contributed by atoms with van der Waals surface area (Å²) in [6.45, 7) is 0.222. The summed E-state index contributed by atoms with van der Waals surface area (Å²) in [4.78, 5) is 16.5. The topological polar surface area (TPSA) is 59.8 Å². The molecule has 1 amide bonds. The monoisotopic (exact) mass is 390 g/mol. The lowest BCUT2D eigenvalue weighted by atomic mass is 10.1. The van der Waals surface area contributed by atoms with Gasteiger partial charge in [0.05, 0.1) is 11.7 Å². The van der Waals surface area contributed by atoms with Crippen molar-refractivity contribution in [1.29, 1.82) is 0 Å². The molecule has 2 aromatic heterocycles. The van der Waals surface area contributed by atoms with Crippen LogP contribution in [-0.4, -0.2) is 20.7 Å². The van der Waals surface area contributed by atoms with Gasteiger partial charge in [-0.2, -0.15) is 5.10 Å². The fourth-order valence-corrected chi connectivity index (χ4v) is 2.93. The van der Waals surface area contributed by atoms with Crippen molar-refractivity contribution >= 4 is 22.9 Å². The summed E-state index contributed by atoms with van der Waals surface area (Å²) in [5, 5.41) is 7.81. The second kappa shape index (κ2) is 8.02. The number of halogens is 2. The van der Waals surface area contributed by atoms with Crippen molar-refractivity contribution in [3.05, 3.63) is 96.0 Å². The van der Waals surface area contributed by atoms with E-state index in [2.05, 4.69) is 15.4 Å². The summed E-state index contributed by atoms with van der Waals surface area (Å²) in [7, 11) is 0. The molecule has 0 bridgehead atoms. The zero-order valence-corrected chi connectivity index (χ0v) is 15.2. The fraction of sp³-hybridized carbons (Fsp3) is 0.0455. The number of pyridine rings is 1. The van der Waals surface area contributed by atoms with Crippen molar-refractivity contribution in [2.24, 2.45) is 0 Å². The first-order valence-corrected chi connectivity index (χ1v) is 8.89. The Hall–Kier alpha value is -3.87. The number of amides is 1. The zero-order chi connectivity index (χ0) is 20.2. The molecule has 0 spiro atoms. The normalized spacial score (nSPS) is 11.2. The van der Waals surface area contributed by atoms with Crippen molar-refractivity contribution in [3.63, 3.8) is 0 Å². The first kappa shape index (κ1) is 18.5. The first-order chi connectivity index (χ1) is 14.1. The molecule has 0 unspecified atom stereocenters. The van der Waals surface area contributed by atoms with Crippen LogP contribution in [0.5, 0.6) is 0 Å². The summed E-state index contributed by atoms with van der Waals surface area (Å²) in [5.74, 6) is -1.65. The molecule has 2 aromatic carbocycles. The minimum Gasteiger partial charge on any atom is -0.348 e. The van der Waals surface area contributed by atoms with Gasteiger partial charge in [0, 0.05) is 47.6 Å². The van der Waals surface area contributed by atoms with Gasteiger partial charge < -0.3 is 5.32 Å². The Kier molecular flexibility index (Phi) is 5.11. The second-order valence-corrected chi connectivity index (χ2v) is 6.36. The average Bonchev–Trinajstić information content (AvgIpc) is 3.19. The summed E-state index contributed by atoms with van der Waals surface area (Å²) in [6.07, 6.45) is 7.95. The van der Waals surface area contributed by atoms with E-state index in [4.69, 9.17) is 0 Å². The van der Waals surface area contributed by atoms with Crippen LogP contribution in [0.4, 0.5) is 8.78 Å². The van der Waals surface area contributed by atoms with Crippen LogP contribution in [0, 0.1) is 11.6 Å². The average molecular weight is 390 g/mol. The van der Waals surface area contributed by atoms with E-state index in [1.807, 2.05) is 30.3 Å². The van der Waals surface area contributed by atoms with Crippen LogP contribution in [0.15, 0.2) is 73.2 Å². The lowest BCUT2D eigenvalue weighted by Crippen LogP contribution is -2.19. The lowest BCUT2D eigenvalue weighted by molar-refractivity contribution is -0.116. The molecule has 0 saturated carbocycles. The largest absolute Gasteiger partial charge is 0.348 e.